The second-order valence-electron chi connectivity index (χ2n) is 2.93. The average Bonchev–Trinajstić information content (AvgIpc) is 1.94. The van der Waals surface area contributed by atoms with Crippen LogP contribution in [0.25, 0.3) is 0 Å². The van der Waals surface area contributed by atoms with E-state index in [-0.39, 0.29) is 18.4 Å². The van der Waals surface area contributed by atoms with Crippen LogP contribution in [0.1, 0.15) is 29.8 Å². The van der Waals surface area contributed by atoms with Crippen molar-refractivity contribution in [2.45, 2.75) is 26.8 Å². The van der Waals surface area contributed by atoms with E-state index in [1.807, 2.05) is 13.0 Å². The highest BCUT2D eigenvalue weighted by Crippen LogP contribution is 2.14. The van der Waals surface area contributed by atoms with Crippen LogP contribution in [0.5, 0.6) is 0 Å². The lowest BCUT2D eigenvalue weighted by molar-refractivity contribution is 0.769. The molecule has 1 aromatic heterocycles. The molecule has 3 heteroatoms. The minimum absolute atomic E-state index is 0. The molecule has 2 nitrogen and oxygen atoms in total. The molecule has 0 fully saturated rings. The standard InChI is InChI=1S/C9H14N2.ClH/c1-6-4-5-11-9(7(6)2)8(3)10;/h4-5,8H,10H2,1-3H3;1H. The molecule has 1 unspecified atom stereocenters. The summed E-state index contributed by atoms with van der Waals surface area (Å²) in [6.07, 6.45) is 1.81. The summed E-state index contributed by atoms with van der Waals surface area (Å²) < 4.78 is 0. The van der Waals surface area contributed by atoms with Crippen LogP contribution in [0.3, 0.4) is 0 Å². The van der Waals surface area contributed by atoms with Crippen LogP contribution < -0.4 is 5.73 Å². The Bertz CT molecular complexity index is 259. The van der Waals surface area contributed by atoms with Gasteiger partial charge in [0, 0.05) is 12.2 Å². The minimum atomic E-state index is 0. The van der Waals surface area contributed by atoms with Crippen molar-refractivity contribution in [3.8, 4) is 0 Å². The molecule has 0 saturated heterocycles. The van der Waals surface area contributed by atoms with E-state index in [2.05, 4.69) is 18.8 Å². The lowest BCUT2D eigenvalue weighted by atomic mass is 10.1. The summed E-state index contributed by atoms with van der Waals surface area (Å²) in [6, 6.07) is 2.04. The number of aryl methyl sites for hydroxylation is 1. The predicted molar refractivity (Wildman–Crippen MR) is 53.6 cm³/mol. The summed E-state index contributed by atoms with van der Waals surface area (Å²) in [5, 5.41) is 0. The molecule has 1 atom stereocenters. The van der Waals surface area contributed by atoms with E-state index in [9.17, 15) is 0 Å². The van der Waals surface area contributed by atoms with Crippen molar-refractivity contribution in [1.29, 1.82) is 0 Å². The molecular formula is C9H15ClN2. The molecule has 0 spiro atoms. The first-order valence-electron chi connectivity index (χ1n) is 3.80. The van der Waals surface area contributed by atoms with Crippen LogP contribution in [-0.2, 0) is 0 Å². The highest BCUT2D eigenvalue weighted by molar-refractivity contribution is 5.85. The number of hydrogen-bond acceptors (Lipinski definition) is 2. The zero-order valence-electron chi connectivity index (χ0n) is 7.66. The summed E-state index contributed by atoms with van der Waals surface area (Å²) in [7, 11) is 0. The van der Waals surface area contributed by atoms with E-state index in [1.54, 1.807) is 6.20 Å². The van der Waals surface area contributed by atoms with Crippen molar-refractivity contribution in [2.24, 2.45) is 5.73 Å². The Hall–Kier alpha value is -0.600. The van der Waals surface area contributed by atoms with Crippen molar-refractivity contribution >= 4 is 12.4 Å². The van der Waals surface area contributed by atoms with Crippen LogP contribution in [-0.4, -0.2) is 4.98 Å². The zero-order chi connectivity index (χ0) is 8.43. The summed E-state index contributed by atoms with van der Waals surface area (Å²) in [4.78, 5) is 4.21. The number of hydrogen-bond donors (Lipinski definition) is 1. The Morgan fingerprint density at radius 2 is 2.00 bits per heavy atom. The Labute approximate surface area is 79.6 Å². The van der Waals surface area contributed by atoms with Crippen LogP contribution in [0, 0.1) is 13.8 Å². The molecule has 0 bridgehead atoms. The molecule has 1 heterocycles. The molecule has 2 N–H and O–H groups in total. The van der Waals surface area contributed by atoms with E-state index < -0.39 is 0 Å². The topological polar surface area (TPSA) is 38.9 Å². The Balaban J connectivity index is 0.00000121. The number of nitrogens with two attached hydrogens (primary N) is 1. The first-order valence-corrected chi connectivity index (χ1v) is 3.80. The van der Waals surface area contributed by atoms with E-state index in [1.165, 1.54) is 11.1 Å². The molecule has 0 aliphatic rings. The van der Waals surface area contributed by atoms with Crippen LogP contribution >= 0.6 is 12.4 Å². The lowest BCUT2D eigenvalue weighted by Gasteiger charge is -2.09. The molecule has 0 aliphatic carbocycles. The van der Waals surface area contributed by atoms with Gasteiger partial charge in [0.2, 0.25) is 0 Å². The Kier molecular flexibility index (Phi) is 4.21. The molecule has 0 aliphatic heterocycles. The maximum Gasteiger partial charge on any atom is 0.0599 e. The minimum Gasteiger partial charge on any atom is -0.323 e. The highest BCUT2D eigenvalue weighted by atomic mass is 35.5. The fourth-order valence-electron chi connectivity index (χ4n) is 1.11. The third-order valence-electron chi connectivity index (χ3n) is 1.95. The molecule has 1 rings (SSSR count). The molecule has 68 valence electrons. The fourth-order valence-corrected chi connectivity index (χ4v) is 1.11. The molecular weight excluding hydrogens is 172 g/mol. The average molecular weight is 187 g/mol. The monoisotopic (exact) mass is 186 g/mol. The fraction of sp³-hybridized carbons (Fsp3) is 0.444. The number of aromatic nitrogens is 1. The molecule has 0 radical (unpaired) electrons. The number of rotatable bonds is 1. The van der Waals surface area contributed by atoms with Gasteiger partial charge in [0.1, 0.15) is 0 Å². The normalized spacial score (nSPS) is 12.0. The van der Waals surface area contributed by atoms with E-state index >= 15 is 0 Å². The Morgan fingerprint density at radius 1 is 1.42 bits per heavy atom. The largest absolute Gasteiger partial charge is 0.323 e. The van der Waals surface area contributed by atoms with Gasteiger partial charge in [-0.3, -0.25) is 4.98 Å². The second-order valence-corrected chi connectivity index (χ2v) is 2.93. The van der Waals surface area contributed by atoms with E-state index in [0.29, 0.717) is 0 Å². The Morgan fingerprint density at radius 3 is 2.42 bits per heavy atom. The van der Waals surface area contributed by atoms with Gasteiger partial charge < -0.3 is 5.73 Å². The third-order valence-corrected chi connectivity index (χ3v) is 1.95. The predicted octanol–water partition coefficient (Wildman–Crippen LogP) is 2.14. The van der Waals surface area contributed by atoms with Gasteiger partial charge in [0.15, 0.2) is 0 Å². The number of nitrogens with zero attached hydrogens (tertiary/aromatic N) is 1. The highest BCUT2D eigenvalue weighted by Gasteiger charge is 2.05. The van der Waals surface area contributed by atoms with Crippen molar-refractivity contribution in [1.82, 2.24) is 4.98 Å². The van der Waals surface area contributed by atoms with Gasteiger partial charge in [-0.15, -0.1) is 12.4 Å². The molecule has 12 heavy (non-hydrogen) atoms. The van der Waals surface area contributed by atoms with Crippen molar-refractivity contribution in [3.05, 3.63) is 29.1 Å². The molecule has 1 aromatic rings. The smallest absolute Gasteiger partial charge is 0.0599 e. The summed E-state index contributed by atoms with van der Waals surface area (Å²) >= 11 is 0. The van der Waals surface area contributed by atoms with Gasteiger partial charge in [-0.05, 0) is 38.0 Å². The SMILES string of the molecule is Cc1ccnc(C(C)N)c1C.Cl. The van der Waals surface area contributed by atoms with Crippen molar-refractivity contribution in [2.75, 3.05) is 0 Å². The molecule has 0 aromatic carbocycles. The van der Waals surface area contributed by atoms with Gasteiger partial charge in [-0.1, -0.05) is 0 Å². The maximum atomic E-state index is 5.72. The van der Waals surface area contributed by atoms with Crippen molar-refractivity contribution in [3.63, 3.8) is 0 Å². The van der Waals surface area contributed by atoms with Gasteiger partial charge in [0.05, 0.1) is 5.69 Å². The van der Waals surface area contributed by atoms with Crippen LogP contribution in [0.4, 0.5) is 0 Å². The number of halogens is 1. The lowest BCUT2D eigenvalue weighted by Crippen LogP contribution is -2.09. The van der Waals surface area contributed by atoms with Crippen LogP contribution in [0.2, 0.25) is 0 Å². The van der Waals surface area contributed by atoms with Gasteiger partial charge in [-0.2, -0.15) is 0 Å². The third kappa shape index (κ3) is 2.19. The maximum absolute atomic E-state index is 5.72. The molecule has 0 amide bonds. The summed E-state index contributed by atoms with van der Waals surface area (Å²) in [5.41, 5.74) is 9.19. The first kappa shape index (κ1) is 11.4. The van der Waals surface area contributed by atoms with E-state index in [4.69, 9.17) is 5.73 Å². The second kappa shape index (κ2) is 4.43. The van der Waals surface area contributed by atoms with E-state index in [0.717, 1.165) is 5.69 Å². The zero-order valence-corrected chi connectivity index (χ0v) is 8.48. The number of pyridine rings is 1. The van der Waals surface area contributed by atoms with Crippen LogP contribution in [0.15, 0.2) is 12.3 Å². The summed E-state index contributed by atoms with van der Waals surface area (Å²) in [5.74, 6) is 0. The van der Waals surface area contributed by atoms with Gasteiger partial charge in [0.25, 0.3) is 0 Å². The first-order chi connectivity index (χ1) is 5.13. The molecule has 0 saturated carbocycles. The van der Waals surface area contributed by atoms with Gasteiger partial charge >= 0.3 is 0 Å². The quantitative estimate of drug-likeness (QED) is 0.730. The van der Waals surface area contributed by atoms with Crippen molar-refractivity contribution < 1.29 is 0 Å². The summed E-state index contributed by atoms with van der Waals surface area (Å²) in [6.45, 7) is 6.08. The van der Waals surface area contributed by atoms with Gasteiger partial charge in [-0.25, -0.2) is 0 Å².